The van der Waals surface area contributed by atoms with Crippen LogP contribution in [0.5, 0.6) is 0 Å². The van der Waals surface area contributed by atoms with Crippen molar-refractivity contribution in [3.63, 3.8) is 0 Å². The Morgan fingerprint density at radius 3 is 2.32 bits per heavy atom. The van der Waals surface area contributed by atoms with Crippen molar-refractivity contribution >= 4 is 16.1 Å². The predicted molar refractivity (Wildman–Crippen MR) is 96.2 cm³/mol. The average molecular weight is 380 g/mol. The standard InChI is InChI=1S/C17H33NO6S/c1-2-3-4-5-6-7-8-9-17(19)24-16(15-25(20,21)22)14-18-10-12-23-13-11-18/h16H,2-15H2,1H3,(H,20,21,22). The van der Waals surface area contributed by atoms with Gasteiger partial charge in [-0.1, -0.05) is 45.4 Å². The highest BCUT2D eigenvalue weighted by Crippen LogP contribution is 2.11. The Balaban J connectivity index is 2.30. The van der Waals surface area contributed by atoms with Crippen LogP contribution in [0.1, 0.15) is 58.3 Å². The maximum atomic E-state index is 12.0. The van der Waals surface area contributed by atoms with Crippen LogP contribution in [0.3, 0.4) is 0 Å². The van der Waals surface area contributed by atoms with Crippen molar-refractivity contribution in [1.82, 2.24) is 4.90 Å². The lowest BCUT2D eigenvalue weighted by Crippen LogP contribution is -2.44. The largest absolute Gasteiger partial charge is 0.460 e. The predicted octanol–water partition coefficient (Wildman–Crippen LogP) is 2.26. The van der Waals surface area contributed by atoms with Gasteiger partial charge in [0.25, 0.3) is 10.1 Å². The molecule has 0 saturated carbocycles. The number of morpholine rings is 1. The highest BCUT2D eigenvalue weighted by Gasteiger charge is 2.24. The van der Waals surface area contributed by atoms with Gasteiger partial charge in [0.2, 0.25) is 0 Å². The number of carbonyl (C=O) groups excluding carboxylic acids is 1. The summed E-state index contributed by atoms with van der Waals surface area (Å²) >= 11 is 0. The fourth-order valence-corrected chi connectivity index (χ4v) is 3.55. The van der Waals surface area contributed by atoms with Crippen molar-refractivity contribution < 1.29 is 27.2 Å². The Labute approximate surface area is 151 Å². The summed E-state index contributed by atoms with van der Waals surface area (Å²) in [4.78, 5) is 14.0. The molecule has 0 aromatic rings. The zero-order valence-electron chi connectivity index (χ0n) is 15.3. The SMILES string of the molecule is CCCCCCCCCC(=O)OC(CN1CCOCC1)CS(=O)(=O)O. The molecule has 1 fully saturated rings. The van der Waals surface area contributed by atoms with E-state index in [1.165, 1.54) is 25.7 Å². The van der Waals surface area contributed by atoms with Crippen LogP contribution in [0, 0.1) is 0 Å². The van der Waals surface area contributed by atoms with Gasteiger partial charge in [-0.05, 0) is 6.42 Å². The van der Waals surface area contributed by atoms with E-state index in [9.17, 15) is 13.2 Å². The molecule has 0 aromatic carbocycles. The monoisotopic (exact) mass is 379 g/mol. The summed E-state index contributed by atoms with van der Waals surface area (Å²) in [7, 11) is -4.19. The molecule has 1 aliphatic heterocycles. The first-order chi connectivity index (χ1) is 11.9. The maximum absolute atomic E-state index is 12.0. The van der Waals surface area contributed by atoms with Gasteiger partial charge in [-0.3, -0.25) is 14.2 Å². The molecule has 8 heteroatoms. The third-order valence-corrected chi connectivity index (χ3v) is 5.04. The van der Waals surface area contributed by atoms with E-state index < -0.39 is 27.9 Å². The molecule has 148 valence electrons. The molecule has 0 radical (unpaired) electrons. The van der Waals surface area contributed by atoms with Crippen LogP contribution in [-0.2, 0) is 24.4 Å². The van der Waals surface area contributed by atoms with Gasteiger partial charge in [0.05, 0.1) is 13.2 Å². The average Bonchev–Trinajstić information content (AvgIpc) is 2.53. The molecule has 0 aliphatic carbocycles. The van der Waals surface area contributed by atoms with Crippen LogP contribution in [0.25, 0.3) is 0 Å². The van der Waals surface area contributed by atoms with Crippen molar-refractivity contribution in [2.45, 2.75) is 64.4 Å². The lowest BCUT2D eigenvalue weighted by molar-refractivity contribution is -0.149. The van der Waals surface area contributed by atoms with Crippen molar-refractivity contribution in [3.8, 4) is 0 Å². The van der Waals surface area contributed by atoms with Gasteiger partial charge in [-0.2, -0.15) is 8.42 Å². The molecule has 0 aromatic heterocycles. The van der Waals surface area contributed by atoms with Gasteiger partial charge in [-0.25, -0.2) is 0 Å². The van der Waals surface area contributed by atoms with Crippen LogP contribution >= 0.6 is 0 Å². The summed E-state index contributed by atoms with van der Waals surface area (Å²) in [5.74, 6) is -0.955. The second-order valence-electron chi connectivity index (χ2n) is 6.64. The zero-order chi connectivity index (χ0) is 18.5. The molecule has 7 nitrogen and oxygen atoms in total. The van der Waals surface area contributed by atoms with Crippen LogP contribution in [0.4, 0.5) is 0 Å². The minimum absolute atomic E-state index is 0.291. The maximum Gasteiger partial charge on any atom is 0.306 e. The van der Waals surface area contributed by atoms with Gasteiger partial charge in [-0.15, -0.1) is 0 Å². The summed E-state index contributed by atoms with van der Waals surface area (Å²) in [6, 6.07) is 0. The first-order valence-corrected chi connectivity index (χ1v) is 11.0. The Kier molecular flexibility index (Phi) is 11.3. The molecule has 0 bridgehead atoms. The molecule has 0 amide bonds. The van der Waals surface area contributed by atoms with Crippen LogP contribution < -0.4 is 0 Å². The Morgan fingerprint density at radius 1 is 1.12 bits per heavy atom. The number of esters is 1. The van der Waals surface area contributed by atoms with E-state index in [0.717, 1.165) is 19.3 Å². The fourth-order valence-electron chi connectivity index (χ4n) is 2.90. The van der Waals surface area contributed by atoms with E-state index >= 15 is 0 Å². The lowest BCUT2D eigenvalue weighted by Gasteiger charge is -2.29. The first kappa shape index (κ1) is 22.3. The van der Waals surface area contributed by atoms with Gasteiger partial charge in [0.15, 0.2) is 0 Å². The van der Waals surface area contributed by atoms with Crippen molar-refractivity contribution in [2.24, 2.45) is 0 Å². The van der Waals surface area contributed by atoms with Gasteiger partial charge >= 0.3 is 5.97 Å². The lowest BCUT2D eigenvalue weighted by atomic mass is 10.1. The summed E-state index contributed by atoms with van der Waals surface area (Å²) < 4.78 is 42.0. The van der Waals surface area contributed by atoms with Crippen molar-refractivity contribution in [1.29, 1.82) is 0 Å². The number of nitrogens with zero attached hydrogens (tertiary/aromatic N) is 1. The minimum atomic E-state index is -4.19. The van der Waals surface area contributed by atoms with Gasteiger partial charge in [0, 0.05) is 26.1 Å². The summed E-state index contributed by atoms with van der Waals surface area (Å²) in [5, 5.41) is 0. The van der Waals surface area contributed by atoms with Crippen LogP contribution in [0.2, 0.25) is 0 Å². The summed E-state index contributed by atoms with van der Waals surface area (Å²) in [5.41, 5.74) is 0. The smallest absolute Gasteiger partial charge is 0.306 e. The van der Waals surface area contributed by atoms with E-state index in [1.807, 2.05) is 4.90 Å². The molecule has 1 unspecified atom stereocenters. The molecular weight excluding hydrogens is 346 g/mol. The summed E-state index contributed by atoms with van der Waals surface area (Å²) in [6.07, 6.45) is 7.17. The normalized spacial score (nSPS) is 17.4. The Morgan fingerprint density at radius 2 is 1.72 bits per heavy atom. The number of hydrogen-bond donors (Lipinski definition) is 1. The number of ether oxygens (including phenoxy) is 2. The first-order valence-electron chi connectivity index (χ1n) is 9.35. The molecule has 1 N–H and O–H groups in total. The Bertz CT molecular complexity index is 462. The third kappa shape index (κ3) is 12.3. The van der Waals surface area contributed by atoms with E-state index in [2.05, 4.69) is 6.92 Å². The van der Waals surface area contributed by atoms with E-state index in [4.69, 9.17) is 14.0 Å². The molecule has 0 spiro atoms. The molecule has 1 rings (SSSR count). The summed E-state index contributed by atoms with van der Waals surface area (Å²) in [6.45, 7) is 4.95. The topological polar surface area (TPSA) is 93.1 Å². The van der Waals surface area contributed by atoms with Gasteiger partial charge in [0.1, 0.15) is 11.9 Å². The minimum Gasteiger partial charge on any atom is -0.460 e. The second-order valence-corrected chi connectivity index (χ2v) is 8.14. The number of rotatable bonds is 13. The molecule has 1 atom stereocenters. The molecular formula is C17H33NO6S. The second kappa shape index (κ2) is 12.6. The number of unbranched alkanes of at least 4 members (excludes halogenated alkanes) is 6. The van der Waals surface area contributed by atoms with Crippen LogP contribution in [-0.4, -0.2) is 68.5 Å². The zero-order valence-corrected chi connectivity index (χ0v) is 16.1. The van der Waals surface area contributed by atoms with Crippen LogP contribution in [0.15, 0.2) is 0 Å². The van der Waals surface area contributed by atoms with E-state index in [1.54, 1.807) is 0 Å². The molecule has 25 heavy (non-hydrogen) atoms. The number of carbonyl (C=O) groups is 1. The molecule has 1 saturated heterocycles. The molecule has 1 heterocycles. The highest BCUT2D eigenvalue weighted by atomic mass is 32.2. The van der Waals surface area contributed by atoms with Crippen molar-refractivity contribution in [2.75, 3.05) is 38.6 Å². The Hall–Kier alpha value is -0.700. The fraction of sp³-hybridized carbons (Fsp3) is 0.941. The number of hydrogen-bond acceptors (Lipinski definition) is 6. The van der Waals surface area contributed by atoms with Crippen molar-refractivity contribution in [3.05, 3.63) is 0 Å². The third-order valence-electron chi connectivity index (χ3n) is 4.24. The highest BCUT2D eigenvalue weighted by molar-refractivity contribution is 7.85. The quantitative estimate of drug-likeness (QED) is 0.298. The molecule has 1 aliphatic rings. The van der Waals surface area contributed by atoms with E-state index in [-0.39, 0.29) is 0 Å². The van der Waals surface area contributed by atoms with Gasteiger partial charge < -0.3 is 9.47 Å². The van der Waals surface area contributed by atoms with E-state index in [0.29, 0.717) is 39.3 Å².